The lowest BCUT2D eigenvalue weighted by atomic mass is 9.95. The number of rotatable bonds is 2. The minimum atomic E-state index is -0.0906. The normalized spacial score (nSPS) is 17.5. The molecule has 1 aliphatic heterocycles. The van der Waals surface area contributed by atoms with Crippen LogP contribution in [0.4, 0.5) is 0 Å². The van der Waals surface area contributed by atoms with Gasteiger partial charge in [-0.15, -0.1) is 0 Å². The Labute approximate surface area is 159 Å². The number of carbonyl (C=O) groups is 1. The van der Waals surface area contributed by atoms with Gasteiger partial charge in [-0.05, 0) is 84.2 Å². The van der Waals surface area contributed by atoms with Gasteiger partial charge in [0.25, 0.3) is 0 Å². The molecule has 5 rings (SSSR count). The first kappa shape index (κ1) is 16.5. The molecule has 3 nitrogen and oxygen atoms in total. The Balaban J connectivity index is 1.45. The fourth-order valence-electron chi connectivity index (χ4n) is 4.40. The van der Waals surface area contributed by atoms with E-state index < -0.39 is 0 Å². The molecule has 2 aliphatic rings. The van der Waals surface area contributed by atoms with Crippen LogP contribution in [0.2, 0.25) is 0 Å². The molecule has 3 heteroatoms. The maximum Gasteiger partial charge on any atom is 0.314 e. The number of benzene rings is 3. The van der Waals surface area contributed by atoms with E-state index in [4.69, 9.17) is 4.74 Å². The molecule has 0 N–H and O–H groups in total. The van der Waals surface area contributed by atoms with Gasteiger partial charge in [0.2, 0.25) is 0 Å². The van der Waals surface area contributed by atoms with Crippen molar-refractivity contribution in [3.05, 3.63) is 59.7 Å². The second-order valence-electron chi connectivity index (χ2n) is 7.78. The van der Waals surface area contributed by atoms with E-state index >= 15 is 0 Å². The lowest BCUT2D eigenvalue weighted by Gasteiger charge is -2.27. The molecule has 0 unspecified atom stereocenters. The van der Waals surface area contributed by atoms with Crippen molar-refractivity contribution >= 4 is 33.6 Å². The molecule has 0 amide bonds. The summed E-state index contributed by atoms with van der Waals surface area (Å²) in [5, 5.41) is 4.91. The van der Waals surface area contributed by atoms with Gasteiger partial charge in [-0.3, -0.25) is 4.79 Å². The molecular weight excluding hydrogens is 334 g/mol. The summed E-state index contributed by atoms with van der Waals surface area (Å²) >= 11 is 0. The van der Waals surface area contributed by atoms with Crippen LogP contribution in [0.25, 0.3) is 27.6 Å². The van der Waals surface area contributed by atoms with Gasteiger partial charge in [0.15, 0.2) is 0 Å². The zero-order valence-electron chi connectivity index (χ0n) is 15.6. The largest absolute Gasteiger partial charge is 0.426 e. The highest BCUT2D eigenvalue weighted by Crippen LogP contribution is 2.34. The topological polar surface area (TPSA) is 29.5 Å². The number of hydrogen-bond donors (Lipinski definition) is 0. The molecule has 0 saturated carbocycles. The zero-order chi connectivity index (χ0) is 18.4. The van der Waals surface area contributed by atoms with E-state index in [9.17, 15) is 4.79 Å². The maximum absolute atomic E-state index is 12.5. The molecule has 3 aromatic rings. The second-order valence-corrected chi connectivity index (χ2v) is 7.78. The number of hydrogen-bond acceptors (Lipinski definition) is 3. The maximum atomic E-state index is 12.5. The highest BCUT2D eigenvalue weighted by Gasteiger charge is 2.25. The van der Waals surface area contributed by atoms with Crippen LogP contribution < -0.4 is 4.74 Å². The van der Waals surface area contributed by atoms with Crippen LogP contribution in [0, 0.1) is 5.92 Å². The minimum Gasteiger partial charge on any atom is -0.426 e. The van der Waals surface area contributed by atoms with Crippen molar-refractivity contribution in [3.63, 3.8) is 0 Å². The molecule has 0 radical (unpaired) electrons. The van der Waals surface area contributed by atoms with Crippen LogP contribution in [0.5, 0.6) is 5.75 Å². The van der Waals surface area contributed by atoms with E-state index in [0.717, 1.165) is 37.7 Å². The second kappa shape index (κ2) is 6.50. The molecule has 0 aromatic heterocycles. The van der Waals surface area contributed by atoms with Crippen molar-refractivity contribution in [2.45, 2.75) is 19.3 Å². The average Bonchev–Trinajstić information content (AvgIpc) is 3.17. The molecule has 27 heavy (non-hydrogen) atoms. The third-order valence-corrected chi connectivity index (χ3v) is 6.03. The highest BCUT2D eigenvalue weighted by atomic mass is 16.5. The van der Waals surface area contributed by atoms with Crippen molar-refractivity contribution in [1.29, 1.82) is 0 Å². The van der Waals surface area contributed by atoms with Crippen molar-refractivity contribution in [1.82, 2.24) is 4.90 Å². The van der Waals surface area contributed by atoms with Crippen LogP contribution in [-0.2, 0) is 11.2 Å². The molecule has 1 aliphatic carbocycles. The first-order valence-electron chi connectivity index (χ1n) is 9.74. The molecule has 0 bridgehead atoms. The predicted molar refractivity (Wildman–Crippen MR) is 110 cm³/mol. The smallest absolute Gasteiger partial charge is 0.314 e. The van der Waals surface area contributed by atoms with Gasteiger partial charge in [-0.2, -0.15) is 0 Å². The monoisotopic (exact) mass is 357 g/mol. The summed E-state index contributed by atoms with van der Waals surface area (Å²) in [6.07, 6.45) is 7.19. The Morgan fingerprint density at radius 2 is 1.78 bits per heavy atom. The Kier molecular flexibility index (Phi) is 3.98. The van der Waals surface area contributed by atoms with Crippen molar-refractivity contribution in [2.24, 2.45) is 5.92 Å². The summed E-state index contributed by atoms with van der Waals surface area (Å²) in [6.45, 7) is 1.92. The number of ether oxygens (including phenoxy) is 1. The number of likely N-dealkylation sites (tertiary alicyclic amines) is 1. The van der Waals surface area contributed by atoms with Crippen LogP contribution in [0.3, 0.4) is 0 Å². The quantitative estimate of drug-likeness (QED) is 0.374. The number of piperidine rings is 1. The van der Waals surface area contributed by atoms with E-state index in [1.165, 1.54) is 27.3 Å². The summed E-state index contributed by atoms with van der Waals surface area (Å²) < 4.78 is 5.72. The zero-order valence-corrected chi connectivity index (χ0v) is 15.6. The highest BCUT2D eigenvalue weighted by molar-refractivity contribution is 6.10. The van der Waals surface area contributed by atoms with Crippen molar-refractivity contribution in [2.75, 3.05) is 20.1 Å². The van der Waals surface area contributed by atoms with E-state index in [0.29, 0.717) is 5.75 Å². The first-order chi connectivity index (χ1) is 13.2. The molecule has 0 spiro atoms. The summed E-state index contributed by atoms with van der Waals surface area (Å²) in [5.41, 5.74) is 2.73. The number of carbonyl (C=O) groups excluding carboxylic acids is 1. The molecule has 3 aromatic carbocycles. The third kappa shape index (κ3) is 2.92. The Morgan fingerprint density at radius 3 is 2.63 bits per heavy atom. The van der Waals surface area contributed by atoms with Gasteiger partial charge in [0.1, 0.15) is 5.75 Å². The van der Waals surface area contributed by atoms with Gasteiger partial charge in [0.05, 0.1) is 5.92 Å². The Bertz CT molecular complexity index is 1070. The summed E-state index contributed by atoms with van der Waals surface area (Å²) in [6, 6.07) is 14.8. The van der Waals surface area contributed by atoms with Gasteiger partial charge in [0, 0.05) is 0 Å². The van der Waals surface area contributed by atoms with E-state index in [1.807, 2.05) is 12.1 Å². The summed E-state index contributed by atoms with van der Waals surface area (Å²) in [4.78, 5) is 14.8. The van der Waals surface area contributed by atoms with E-state index in [2.05, 4.69) is 54.4 Å². The summed E-state index contributed by atoms with van der Waals surface area (Å²) in [7, 11) is 2.10. The number of fused-ring (bicyclic) bond motifs is 5. The molecule has 1 saturated heterocycles. The average molecular weight is 357 g/mol. The van der Waals surface area contributed by atoms with Crippen LogP contribution in [-0.4, -0.2) is 31.0 Å². The van der Waals surface area contributed by atoms with Crippen LogP contribution in [0.1, 0.15) is 24.0 Å². The Morgan fingerprint density at radius 1 is 1.00 bits per heavy atom. The fraction of sp³-hybridized carbons (Fsp3) is 0.292. The van der Waals surface area contributed by atoms with E-state index in [1.54, 1.807) is 0 Å². The molecule has 0 atom stereocenters. The third-order valence-electron chi connectivity index (χ3n) is 6.03. The first-order valence-corrected chi connectivity index (χ1v) is 9.74. The number of nitrogens with zero attached hydrogens (tertiary/aromatic N) is 1. The van der Waals surface area contributed by atoms with Gasteiger partial charge >= 0.3 is 5.97 Å². The van der Waals surface area contributed by atoms with Gasteiger partial charge in [-0.25, -0.2) is 0 Å². The molecular formula is C24H23NO2. The molecule has 1 heterocycles. The molecule has 1 fully saturated rings. The standard InChI is InChI=1S/C24H23NO2/c1-25-13-11-17(12-14-25)24(26)27-19-7-10-21-18(15-19)6-9-22-20-4-2-3-16(20)5-8-23(21)22/h2-3,5-10,15,17H,4,11-14H2,1H3. The number of allylic oxidation sites excluding steroid dienone is 1. The SMILES string of the molecule is CN1CCC(C(=O)Oc2ccc3c(ccc4c5c(ccc43)C=CC5)c2)CC1. The fourth-order valence-corrected chi connectivity index (χ4v) is 4.40. The van der Waals surface area contributed by atoms with Crippen LogP contribution >= 0.6 is 0 Å². The summed E-state index contributed by atoms with van der Waals surface area (Å²) in [5.74, 6) is 0.573. The van der Waals surface area contributed by atoms with Crippen molar-refractivity contribution < 1.29 is 9.53 Å². The minimum absolute atomic E-state index is 0.0172. The van der Waals surface area contributed by atoms with E-state index in [-0.39, 0.29) is 11.9 Å². The lowest BCUT2D eigenvalue weighted by Crippen LogP contribution is -2.35. The van der Waals surface area contributed by atoms with Gasteiger partial charge in [-0.1, -0.05) is 42.5 Å². The molecule has 136 valence electrons. The van der Waals surface area contributed by atoms with Gasteiger partial charge < -0.3 is 9.64 Å². The number of esters is 1. The lowest BCUT2D eigenvalue weighted by molar-refractivity contribution is -0.140. The van der Waals surface area contributed by atoms with Crippen LogP contribution in [0.15, 0.2) is 48.5 Å². The predicted octanol–water partition coefficient (Wildman–Crippen LogP) is 4.81. The Hall–Kier alpha value is -2.65. The van der Waals surface area contributed by atoms with Crippen molar-refractivity contribution in [3.8, 4) is 5.75 Å².